The molecule has 1 amide bonds. The highest BCUT2D eigenvalue weighted by Gasteiger charge is 2.13. The molecule has 0 aliphatic carbocycles. The Labute approximate surface area is 182 Å². The standard InChI is InChI=1S/C25H27N3O3/c1-2-3-4-5-6-7-10-20-17-22(28(30)31)15-14-21(20)18-24(29)27-23-13-8-11-19-12-9-16-26-25(19)23/h7-17H,2-6,18H2,1H3,(H,27,29)/b10-7+. The number of para-hydroxylation sites is 1. The number of anilines is 1. The van der Waals surface area contributed by atoms with Crippen LogP contribution in [-0.2, 0) is 11.2 Å². The summed E-state index contributed by atoms with van der Waals surface area (Å²) in [4.78, 5) is 27.9. The average Bonchev–Trinajstić information content (AvgIpc) is 2.77. The fourth-order valence-electron chi connectivity index (χ4n) is 3.48. The van der Waals surface area contributed by atoms with Crippen molar-refractivity contribution < 1.29 is 9.72 Å². The van der Waals surface area contributed by atoms with Crippen molar-refractivity contribution in [1.29, 1.82) is 0 Å². The smallest absolute Gasteiger partial charge is 0.270 e. The molecule has 6 heteroatoms. The topological polar surface area (TPSA) is 85.1 Å². The molecule has 31 heavy (non-hydrogen) atoms. The Morgan fingerprint density at radius 2 is 1.97 bits per heavy atom. The zero-order valence-electron chi connectivity index (χ0n) is 17.7. The molecule has 1 heterocycles. The molecule has 0 saturated carbocycles. The zero-order valence-corrected chi connectivity index (χ0v) is 17.7. The van der Waals surface area contributed by atoms with Gasteiger partial charge in [0.2, 0.25) is 5.91 Å². The minimum atomic E-state index is -0.412. The first kappa shape index (κ1) is 22.2. The molecule has 160 valence electrons. The van der Waals surface area contributed by atoms with E-state index in [1.165, 1.54) is 31.4 Å². The van der Waals surface area contributed by atoms with Gasteiger partial charge in [0.25, 0.3) is 5.69 Å². The van der Waals surface area contributed by atoms with Crippen molar-refractivity contribution >= 4 is 34.3 Å². The van der Waals surface area contributed by atoms with Crippen LogP contribution in [0, 0.1) is 10.1 Å². The molecule has 0 aliphatic rings. The van der Waals surface area contributed by atoms with Gasteiger partial charge in [-0.15, -0.1) is 0 Å². The first-order valence-electron chi connectivity index (χ1n) is 10.7. The van der Waals surface area contributed by atoms with Gasteiger partial charge in [0.05, 0.1) is 22.5 Å². The summed E-state index contributed by atoms with van der Waals surface area (Å²) in [7, 11) is 0. The number of carbonyl (C=O) groups excluding carboxylic acids is 1. The van der Waals surface area contributed by atoms with Crippen LogP contribution in [0.1, 0.15) is 50.2 Å². The molecule has 3 aromatic rings. The minimum absolute atomic E-state index is 0.0213. The van der Waals surface area contributed by atoms with Crippen LogP contribution in [0.25, 0.3) is 17.0 Å². The SMILES string of the molecule is CCCCCC/C=C/c1cc([N+](=O)[O-])ccc1CC(=O)Nc1cccc2cccnc12. The molecule has 0 radical (unpaired) electrons. The van der Waals surface area contributed by atoms with E-state index in [4.69, 9.17) is 0 Å². The molecule has 0 fully saturated rings. The number of nitrogens with one attached hydrogen (secondary N) is 1. The van der Waals surface area contributed by atoms with Gasteiger partial charge in [0.1, 0.15) is 0 Å². The van der Waals surface area contributed by atoms with Gasteiger partial charge in [-0.1, -0.05) is 62.6 Å². The van der Waals surface area contributed by atoms with Gasteiger partial charge in [-0.25, -0.2) is 0 Å². The van der Waals surface area contributed by atoms with Gasteiger partial charge in [-0.3, -0.25) is 19.9 Å². The van der Waals surface area contributed by atoms with Crippen molar-refractivity contribution in [3.05, 3.63) is 82.0 Å². The number of nitrogens with zero attached hydrogens (tertiary/aromatic N) is 2. The van der Waals surface area contributed by atoms with Crippen LogP contribution >= 0.6 is 0 Å². The number of hydrogen-bond acceptors (Lipinski definition) is 4. The predicted octanol–water partition coefficient (Wildman–Crippen LogP) is 6.31. The largest absolute Gasteiger partial charge is 0.324 e. The second-order valence-corrected chi connectivity index (χ2v) is 7.50. The maximum absolute atomic E-state index is 12.7. The van der Waals surface area contributed by atoms with Gasteiger partial charge in [0.15, 0.2) is 0 Å². The van der Waals surface area contributed by atoms with Gasteiger partial charge in [-0.2, -0.15) is 0 Å². The molecule has 1 aromatic heterocycles. The predicted molar refractivity (Wildman–Crippen MR) is 125 cm³/mol. The Morgan fingerprint density at radius 3 is 2.77 bits per heavy atom. The van der Waals surface area contributed by atoms with E-state index < -0.39 is 4.92 Å². The van der Waals surface area contributed by atoms with Crippen LogP contribution in [0.3, 0.4) is 0 Å². The second-order valence-electron chi connectivity index (χ2n) is 7.50. The van der Waals surface area contributed by atoms with E-state index in [0.29, 0.717) is 11.3 Å². The third kappa shape index (κ3) is 6.22. The van der Waals surface area contributed by atoms with E-state index in [1.54, 1.807) is 12.3 Å². The highest BCUT2D eigenvalue weighted by Crippen LogP contribution is 2.23. The van der Waals surface area contributed by atoms with E-state index in [1.807, 2.05) is 42.5 Å². The van der Waals surface area contributed by atoms with Crippen LogP contribution in [0.15, 0.2) is 60.8 Å². The lowest BCUT2D eigenvalue weighted by Crippen LogP contribution is -2.15. The summed E-state index contributed by atoms with van der Waals surface area (Å²) in [5.41, 5.74) is 2.86. The maximum atomic E-state index is 12.7. The summed E-state index contributed by atoms with van der Waals surface area (Å²) in [6.45, 7) is 2.17. The van der Waals surface area contributed by atoms with E-state index in [-0.39, 0.29) is 18.0 Å². The maximum Gasteiger partial charge on any atom is 0.270 e. The number of non-ortho nitro benzene ring substituents is 1. The van der Waals surface area contributed by atoms with Crippen molar-refractivity contribution in [3.8, 4) is 0 Å². The van der Waals surface area contributed by atoms with Crippen molar-refractivity contribution in [1.82, 2.24) is 4.98 Å². The number of benzene rings is 2. The van der Waals surface area contributed by atoms with Crippen LogP contribution in [0.2, 0.25) is 0 Å². The molecule has 6 nitrogen and oxygen atoms in total. The van der Waals surface area contributed by atoms with E-state index in [9.17, 15) is 14.9 Å². The lowest BCUT2D eigenvalue weighted by atomic mass is 10.0. The van der Waals surface area contributed by atoms with Gasteiger partial charge in [-0.05, 0) is 36.1 Å². The van der Waals surface area contributed by atoms with Crippen molar-refractivity contribution in [2.75, 3.05) is 5.32 Å². The molecular formula is C25H27N3O3. The number of amides is 1. The normalized spacial score (nSPS) is 11.1. The number of nitro benzene ring substituents is 1. The fourth-order valence-corrected chi connectivity index (χ4v) is 3.48. The Kier molecular flexibility index (Phi) is 7.87. The van der Waals surface area contributed by atoms with Crippen LogP contribution in [-0.4, -0.2) is 15.8 Å². The Balaban J connectivity index is 1.75. The Bertz CT molecular complexity index is 1090. The number of aromatic nitrogens is 1. The van der Waals surface area contributed by atoms with E-state index >= 15 is 0 Å². The third-order valence-electron chi connectivity index (χ3n) is 5.12. The van der Waals surface area contributed by atoms with Crippen LogP contribution in [0.5, 0.6) is 0 Å². The molecule has 0 spiro atoms. The minimum Gasteiger partial charge on any atom is -0.324 e. The average molecular weight is 418 g/mol. The first-order valence-corrected chi connectivity index (χ1v) is 10.7. The molecule has 3 rings (SSSR count). The summed E-state index contributed by atoms with van der Waals surface area (Å²) in [5.74, 6) is -0.190. The quantitative estimate of drug-likeness (QED) is 0.238. The molecular weight excluding hydrogens is 390 g/mol. The molecule has 2 aromatic carbocycles. The van der Waals surface area contributed by atoms with Crippen molar-refractivity contribution in [2.45, 2.75) is 45.4 Å². The van der Waals surface area contributed by atoms with E-state index in [2.05, 4.69) is 17.2 Å². The van der Waals surface area contributed by atoms with E-state index in [0.717, 1.165) is 29.3 Å². The summed E-state index contributed by atoms with van der Waals surface area (Å²) in [5, 5.41) is 15.1. The summed E-state index contributed by atoms with van der Waals surface area (Å²) < 4.78 is 0. The van der Waals surface area contributed by atoms with Gasteiger partial charge >= 0.3 is 0 Å². The summed E-state index contributed by atoms with van der Waals surface area (Å²) in [6, 6.07) is 14.1. The molecule has 0 unspecified atom stereocenters. The van der Waals surface area contributed by atoms with Crippen LogP contribution in [0.4, 0.5) is 11.4 Å². The van der Waals surface area contributed by atoms with Gasteiger partial charge in [0, 0.05) is 23.7 Å². The summed E-state index contributed by atoms with van der Waals surface area (Å²) in [6.07, 6.45) is 11.3. The van der Waals surface area contributed by atoms with Gasteiger partial charge < -0.3 is 5.32 Å². The number of pyridine rings is 1. The number of rotatable bonds is 10. The number of unbranched alkanes of at least 4 members (excludes halogenated alkanes) is 4. The molecule has 0 aliphatic heterocycles. The number of carbonyl (C=O) groups is 1. The molecule has 0 atom stereocenters. The Hall–Kier alpha value is -3.54. The monoisotopic (exact) mass is 417 g/mol. The highest BCUT2D eigenvalue weighted by molar-refractivity contribution is 6.01. The highest BCUT2D eigenvalue weighted by atomic mass is 16.6. The second kappa shape index (κ2) is 11.0. The molecule has 0 bridgehead atoms. The molecule has 0 saturated heterocycles. The lowest BCUT2D eigenvalue weighted by molar-refractivity contribution is -0.384. The molecule has 1 N–H and O–H groups in total. The lowest BCUT2D eigenvalue weighted by Gasteiger charge is -2.10. The fraction of sp³-hybridized carbons (Fsp3) is 0.280. The van der Waals surface area contributed by atoms with Crippen molar-refractivity contribution in [3.63, 3.8) is 0 Å². The third-order valence-corrected chi connectivity index (χ3v) is 5.12. The number of allylic oxidation sites excluding steroid dienone is 1. The first-order chi connectivity index (χ1) is 15.1. The van der Waals surface area contributed by atoms with Crippen LogP contribution < -0.4 is 5.32 Å². The number of hydrogen-bond donors (Lipinski definition) is 1. The number of nitro groups is 1. The number of fused-ring (bicyclic) bond motifs is 1. The van der Waals surface area contributed by atoms with Crippen molar-refractivity contribution in [2.24, 2.45) is 0 Å². The Morgan fingerprint density at radius 1 is 1.13 bits per heavy atom. The summed E-state index contributed by atoms with van der Waals surface area (Å²) >= 11 is 0. The zero-order chi connectivity index (χ0) is 22.1.